The van der Waals surface area contributed by atoms with Crippen LogP contribution in [0.4, 0.5) is 11.5 Å². The van der Waals surface area contributed by atoms with Crippen molar-refractivity contribution >= 4 is 17.5 Å². The average Bonchev–Trinajstić information content (AvgIpc) is 2.80. The van der Waals surface area contributed by atoms with Gasteiger partial charge in [0.15, 0.2) is 0 Å². The fourth-order valence-electron chi connectivity index (χ4n) is 3.36. The fourth-order valence-corrected chi connectivity index (χ4v) is 3.36. The molecular formula is C23H27N5O4. The van der Waals surface area contributed by atoms with E-state index in [1.807, 2.05) is 37.3 Å². The summed E-state index contributed by atoms with van der Waals surface area (Å²) >= 11 is 0. The van der Waals surface area contributed by atoms with Crippen molar-refractivity contribution in [2.45, 2.75) is 39.1 Å². The summed E-state index contributed by atoms with van der Waals surface area (Å²) in [6.45, 7) is 2.24. The Kier molecular flexibility index (Phi) is 7.11. The number of benzene rings is 2. The highest BCUT2D eigenvalue weighted by Crippen LogP contribution is 2.16. The lowest BCUT2D eigenvalue weighted by atomic mass is 10.1. The third-order valence-electron chi connectivity index (χ3n) is 5.07. The molecule has 0 radical (unpaired) electrons. The Balaban J connectivity index is 1.74. The van der Waals surface area contributed by atoms with Crippen LogP contribution in [-0.2, 0) is 24.3 Å². The maximum Gasteiger partial charge on any atom is 0.338 e. The molecule has 3 rings (SSSR count). The van der Waals surface area contributed by atoms with Crippen LogP contribution in [0.2, 0.25) is 0 Å². The van der Waals surface area contributed by atoms with Crippen molar-refractivity contribution in [3.05, 3.63) is 92.1 Å². The van der Waals surface area contributed by atoms with E-state index in [0.29, 0.717) is 12.0 Å². The second-order valence-electron chi connectivity index (χ2n) is 7.44. The molecule has 168 valence electrons. The number of ether oxygens (including phenoxy) is 1. The van der Waals surface area contributed by atoms with E-state index in [0.717, 1.165) is 20.3 Å². The number of esters is 1. The van der Waals surface area contributed by atoms with Gasteiger partial charge in [0.2, 0.25) is 0 Å². The molecule has 0 amide bonds. The molecule has 0 aliphatic carbocycles. The zero-order chi connectivity index (χ0) is 23.3. The number of nitrogens with two attached hydrogens (primary N) is 3. The zero-order valence-electron chi connectivity index (χ0n) is 17.9. The molecule has 9 heteroatoms. The number of carbonyl (C=O) groups is 1. The number of hydrogen-bond donors (Lipinski definition) is 3. The van der Waals surface area contributed by atoms with E-state index in [1.54, 1.807) is 24.3 Å². The first kappa shape index (κ1) is 22.8. The zero-order valence-corrected chi connectivity index (χ0v) is 17.9. The Bertz CT molecular complexity index is 1200. The maximum atomic E-state index is 12.8. The number of aromatic nitrogens is 2. The van der Waals surface area contributed by atoms with E-state index < -0.39 is 23.4 Å². The quantitative estimate of drug-likeness (QED) is 0.454. The second-order valence-corrected chi connectivity index (χ2v) is 7.44. The second kappa shape index (κ2) is 9.97. The standard InChI is InChI=1S/C23H27N5O4/c1-2-12-27-21(29)19(25)20(26)28(23(27)31)18(24)13-15-8-10-17(11-9-15)22(30)32-14-16-6-4-3-5-7-16/h3-11,18H,2,12-14,24-26H2,1H3. The summed E-state index contributed by atoms with van der Waals surface area (Å²) in [6.07, 6.45) is -0.0209. The van der Waals surface area contributed by atoms with Crippen LogP contribution in [0.5, 0.6) is 0 Å². The lowest BCUT2D eigenvalue weighted by Crippen LogP contribution is -2.45. The maximum absolute atomic E-state index is 12.8. The molecule has 1 heterocycles. The summed E-state index contributed by atoms with van der Waals surface area (Å²) in [5, 5.41) is 0. The first-order valence-electron chi connectivity index (χ1n) is 10.3. The summed E-state index contributed by atoms with van der Waals surface area (Å²) < 4.78 is 7.50. The molecule has 0 saturated carbocycles. The van der Waals surface area contributed by atoms with Gasteiger partial charge in [0.1, 0.15) is 18.1 Å². The summed E-state index contributed by atoms with van der Waals surface area (Å²) in [4.78, 5) is 37.3. The van der Waals surface area contributed by atoms with Crippen molar-refractivity contribution in [2.24, 2.45) is 5.73 Å². The van der Waals surface area contributed by atoms with Gasteiger partial charge in [-0.05, 0) is 29.7 Å². The average molecular weight is 438 g/mol. The number of nitrogen functional groups attached to an aromatic ring is 2. The molecule has 32 heavy (non-hydrogen) atoms. The van der Waals surface area contributed by atoms with Gasteiger partial charge in [0.25, 0.3) is 5.56 Å². The van der Waals surface area contributed by atoms with Crippen LogP contribution in [0.1, 0.15) is 41.0 Å². The van der Waals surface area contributed by atoms with Crippen molar-refractivity contribution < 1.29 is 9.53 Å². The Morgan fingerprint density at radius 1 is 1.00 bits per heavy atom. The van der Waals surface area contributed by atoms with Crippen molar-refractivity contribution in [1.29, 1.82) is 0 Å². The number of hydrogen-bond acceptors (Lipinski definition) is 7. The highest BCUT2D eigenvalue weighted by molar-refractivity contribution is 5.89. The van der Waals surface area contributed by atoms with E-state index >= 15 is 0 Å². The lowest BCUT2D eigenvalue weighted by Gasteiger charge is -2.20. The Hall–Kier alpha value is -3.85. The van der Waals surface area contributed by atoms with Gasteiger partial charge in [-0.15, -0.1) is 0 Å². The van der Waals surface area contributed by atoms with Gasteiger partial charge in [0, 0.05) is 13.0 Å². The molecule has 9 nitrogen and oxygen atoms in total. The Morgan fingerprint density at radius 3 is 2.28 bits per heavy atom. The van der Waals surface area contributed by atoms with Crippen LogP contribution >= 0.6 is 0 Å². The van der Waals surface area contributed by atoms with Crippen molar-refractivity contribution in [3.63, 3.8) is 0 Å². The highest BCUT2D eigenvalue weighted by atomic mass is 16.5. The van der Waals surface area contributed by atoms with Gasteiger partial charge in [-0.25, -0.2) is 9.59 Å². The predicted octanol–water partition coefficient (Wildman–Crippen LogP) is 1.64. The van der Waals surface area contributed by atoms with Gasteiger partial charge in [-0.2, -0.15) is 0 Å². The van der Waals surface area contributed by atoms with Crippen molar-refractivity contribution in [2.75, 3.05) is 11.5 Å². The molecular weight excluding hydrogens is 410 g/mol. The van der Waals surface area contributed by atoms with Crippen LogP contribution < -0.4 is 28.5 Å². The first-order valence-corrected chi connectivity index (χ1v) is 10.3. The summed E-state index contributed by atoms with van der Waals surface area (Å²) in [5.74, 6) is -0.592. The smallest absolute Gasteiger partial charge is 0.338 e. The van der Waals surface area contributed by atoms with Crippen molar-refractivity contribution in [3.8, 4) is 0 Å². The van der Waals surface area contributed by atoms with Gasteiger partial charge >= 0.3 is 11.7 Å². The van der Waals surface area contributed by atoms with E-state index in [1.165, 1.54) is 0 Å². The van der Waals surface area contributed by atoms with E-state index in [9.17, 15) is 14.4 Å². The van der Waals surface area contributed by atoms with Gasteiger partial charge < -0.3 is 21.9 Å². The largest absolute Gasteiger partial charge is 0.457 e. The number of nitrogens with zero attached hydrogens (tertiary/aromatic N) is 2. The van der Waals surface area contributed by atoms with Gasteiger partial charge in [0.05, 0.1) is 11.7 Å². The molecule has 1 aromatic heterocycles. The molecule has 0 fully saturated rings. The molecule has 6 N–H and O–H groups in total. The van der Waals surface area contributed by atoms with E-state index in [-0.39, 0.29) is 31.1 Å². The molecule has 0 spiro atoms. The topological polar surface area (TPSA) is 148 Å². The monoisotopic (exact) mass is 437 g/mol. The van der Waals surface area contributed by atoms with Gasteiger partial charge in [-0.3, -0.25) is 13.9 Å². The molecule has 3 aromatic rings. The summed E-state index contributed by atoms with van der Waals surface area (Å²) in [6, 6.07) is 16.1. The SMILES string of the molecule is CCCn1c(=O)c(N)c(N)n(C(N)Cc2ccc(C(=O)OCc3ccccc3)cc2)c1=O. The number of rotatable bonds is 8. The Labute approximate surface area is 185 Å². The molecule has 0 aliphatic heterocycles. The van der Waals surface area contributed by atoms with E-state index in [2.05, 4.69) is 0 Å². The number of anilines is 2. The molecule has 1 unspecified atom stereocenters. The lowest BCUT2D eigenvalue weighted by molar-refractivity contribution is 0.0472. The minimum atomic E-state index is -0.843. The van der Waals surface area contributed by atoms with Crippen LogP contribution in [-0.4, -0.2) is 15.1 Å². The minimum Gasteiger partial charge on any atom is -0.457 e. The van der Waals surface area contributed by atoms with Gasteiger partial charge in [-0.1, -0.05) is 49.4 Å². The van der Waals surface area contributed by atoms with Crippen molar-refractivity contribution in [1.82, 2.24) is 9.13 Å². The summed E-state index contributed by atoms with van der Waals surface area (Å²) in [5.41, 5.74) is 18.6. The molecule has 1 atom stereocenters. The predicted molar refractivity (Wildman–Crippen MR) is 123 cm³/mol. The van der Waals surface area contributed by atoms with Crippen LogP contribution in [0.15, 0.2) is 64.2 Å². The van der Waals surface area contributed by atoms with Crippen LogP contribution in [0, 0.1) is 0 Å². The minimum absolute atomic E-state index is 0.152. The van der Waals surface area contributed by atoms with Crippen LogP contribution in [0.25, 0.3) is 0 Å². The van der Waals surface area contributed by atoms with E-state index in [4.69, 9.17) is 21.9 Å². The summed E-state index contributed by atoms with van der Waals surface area (Å²) in [7, 11) is 0. The number of carbonyl (C=O) groups excluding carboxylic acids is 1. The third-order valence-corrected chi connectivity index (χ3v) is 5.07. The molecule has 2 aromatic carbocycles. The normalized spacial score (nSPS) is 11.8. The third kappa shape index (κ3) is 4.89. The molecule has 0 aliphatic rings. The Morgan fingerprint density at radius 2 is 1.66 bits per heavy atom. The first-order chi connectivity index (χ1) is 15.3. The van der Waals surface area contributed by atoms with Crippen LogP contribution in [0.3, 0.4) is 0 Å². The molecule has 0 saturated heterocycles. The highest BCUT2D eigenvalue weighted by Gasteiger charge is 2.19. The fraction of sp³-hybridized carbons (Fsp3) is 0.261. The molecule has 0 bridgehead atoms.